The fourth-order valence-electron chi connectivity index (χ4n) is 3.17. The van der Waals surface area contributed by atoms with Crippen LogP contribution in [0.5, 0.6) is 0 Å². The highest BCUT2D eigenvalue weighted by atomic mass is 19.1. The van der Waals surface area contributed by atoms with Crippen molar-refractivity contribution in [2.24, 2.45) is 0 Å². The van der Waals surface area contributed by atoms with Crippen molar-refractivity contribution >= 4 is 28.8 Å². The number of para-hydroxylation sites is 2. The summed E-state index contributed by atoms with van der Waals surface area (Å²) in [5, 5.41) is 6.06. The predicted molar refractivity (Wildman–Crippen MR) is 111 cm³/mol. The molecule has 0 bridgehead atoms. The molecule has 6 nitrogen and oxygen atoms in total. The molecule has 4 rings (SSSR count). The number of anilines is 4. The van der Waals surface area contributed by atoms with Crippen molar-refractivity contribution in [3.63, 3.8) is 0 Å². The van der Waals surface area contributed by atoms with Crippen LogP contribution in [0.3, 0.4) is 0 Å². The standard InChI is InChI=1S/C22H21FN4O2/c23-17-5-3-4-16(14-17)22(28)25-18-8-9-21(24-15-18)26-19-6-1-2-7-20(19)27-10-12-29-13-11-27/h1-9,14-15H,10-13H2,(H,24,26)(H,25,28). The highest BCUT2D eigenvalue weighted by molar-refractivity contribution is 6.04. The van der Waals surface area contributed by atoms with Gasteiger partial charge >= 0.3 is 0 Å². The van der Waals surface area contributed by atoms with Gasteiger partial charge < -0.3 is 20.3 Å². The Kier molecular flexibility index (Phi) is 5.67. The molecule has 0 unspecified atom stereocenters. The minimum atomic E-state index is -0.450. The van der Waals surface area contributed by atoms with Gasteiger partial charge in [0.05, 0.1) is 36.5 Å². The van der Waals surface area contributed by atoms with E-state index in [-0.39, 0.29) is 11.5 Å². The van der Waals surface area contributed by atoms with Crippen molar-refractivity contribution in [1.82, 2.24) is 4.98 Å². The van der Waals surface area contributed by atoms with Crippen LogP contribution in [0.4, 0.5) is 27.3 Å². The third-order valence-corrected chi connectivity index (χ3v) is 4.63. The molecule has 7 heteroatoms. The number of carbonyl (C=O) groups is 1. The Morgan fingerprint density at radius 1 is 1.03 bits per heavy atom. The molecule has 1 aliphatic rings. The maximum atomic E-state index is 13.3. The Morgan fingerprint density at radius 3 is 2.62 bits per heavy atom. The molecule has 0 spiro atoms. The lowest BCUT2D eigenvalue weighted by atomic mass is 10.2. The summed E-state index contributed by atoms with van der Waals surface area (Å²) < 4.78 is 18.7. The smallest absolute Gasteiger partial charge is 0.255 e. The van der Waals surface area contributed by atoms with Crippen LogP contribution >= 0.6 is 0 Å². The first-order chi connectivity index (χ1) is 14.2. The molecule has 2 aromatic carbocycles. The zero-order valence-corrected chi connectivity index (χ0v) is 15.8. The summed E-state index contributed by atoms with van der Waals surface area (Å²) in [5.41, 5.74) is 2.84. The number of ether oxygens (including phenoxy) is 1. The average molecular weight is 392 g/mol. The Labute approximate surface area is 168 Å². The molecule has 1 aromatic heterocycles. The van der Waals surface area contributed by atoms with Crippen molar-refractivity contribution in [2.75, 3.05) is 41.8 Å². The fraction of sp³-hybridized carbons (Fsp3) is 0.182. The van der Waals surface area contributed by atoms with E-state index in [0.29, 0.717) is 24.7 Å². The van der Waals surface area contributed by atoms with Crippen molar-refractivity contribution < 1.29 is 13.9 Å². The number of hydrogen-bond donors (Lipinski definition) is 2. The zero-order chi connectivity index (χ0) is 20.1. The first kappa shape index (κ1) is 18.9. The van der Waals surface area contributed by atoms with Crippen LogP contribution in [-0.4, -0.2) is 37.2 Å². The SMILES string of the molecule is O=C(Nc1ccc(Nc2ccccc2N2CCOCC2)nc1)c1cccc(F)c1. The zero-order valence-electron chi connectivity index (χ0n) is 15.8. The minimum absolute atomic E-state index is 0.256. The Morgan fingerprint density at radius 2 is 1.86 bits per heavy atom. The van der Waals surface area contributed by atoms with Gasteiger partial charge in [-0.05, 0) is 42.5 Å². The Balaban J connectivity index is 1.44. The highest BCUT2D eigenvalue weighted by Gasteiger charge is 2.15. The molecule has 148 valence electrons. The number of aromatic nitrogens is 1. The normalized spacial score (nSPS) is 13.8. The van der Waals surface area contributed by atoms with Gasteiger partial charge in [-0.15, -0.1) is 0 Å². The number of benzene rings is 2. The second-order valence-corrected chi connectivity index (χ2v) is 6.64. The maximum Gasteiger partial charge on any atom is 0.255 e. The van der Waals surface area contributed by atoms with Gasteiger partial charge in [0, 0.05) is 18.7 Å². The molecule has 1 aliphatic heterocycles. The number of pyridine rings is 1. The van der Waals surface area contributed by atoms with Crippen molar-refractivity contribution in [1.29, 1.82) is 0 Å². The van der Waals surface area contributed by atoms with Gasteiger partial charge in [-0.2, -0.15) is 0 Å². The van der Waals surface area contributed by atoms with Crippen molar-refractivity contribution in [3.8, 4) is 0 Å². The van der Waals surface area contributed by atoms with Gasteiger partial charge in [-0.25, -0.2) is 9.37 Å². The second-order valence-electron chi connectivity index (χ2n) is 6.64. The summed E-state index contributed by atoms with van der Waals surface area (Å²) in [7, 11) is 0. The van der Waals surface area contributed by atoms with E-state index >= 15 is 0 Å². The fourth-order valence-corrected chi connectivity index (χ4v) is 3.17. The summed E-state index contributed by atoms with van der Waals surface area (Å²) in [6.07, 6.45) is 1.57. The van der Waals surface area contributed by atoms with E-state index in [1.165, 1.54) is 18.2 Å². The summed E-state index contributed by atoms with van der Waals surface area (Å²) in [6.45, 7) is 3.12. The van der Waals surface area contributed by atoms with Crippen LogP contribution in [-0.2, 0) is 4.74 Å². The van der Waals surface area contributed by atoms with Crippen molar-refractivity contribution in [2.45, 2.75) is 0 Å². The lowest BCUT2D eigenvalue weighted by molar-refractivity contribution is 0.102. The monoisotopic (exact) mass is 392 g/mol. The molecule has 0 radical (unpaired) electrons. The lowest BCUT2D eigenvalue weighted by Crippen LogP contribution is -2.36. The molecular formula is C22H21FN4O2. The maximum absolute atomic E-state index is 13.3. The van der Waals surface area contributed by atoms with Crippen molar-refractivity contribution in [3.05, 3.63) is 78.2 Å². The van der Waals surface area contributed by atoms with Crippen LogP contribution in [0, 0.1) is 5.82 Å². The van der Waals surface area contributed by atoms with Gasteiger partial charge in [0.1, 0.15) is 11.6 Å². The molecule has 0 atom stereocenters. The molecule has 1 saturated heterocycles. The third kappa shape index (κ3) is 4.70. The van der Waals surface area contributed by atoms with Gasteiger partial charge in [-0.3, -0.25) is 4.79 Å². The van der Waals surface area contributed by atoms with Crippen LogP contribution in [0.1, 0.15) is 10.4 Å². The predicted octanol–water partition coefficient (Wildman–Crippen LogP) is 4.05. The van der Waals surface area contributed by atoms with E-state index in [4.69, 9.17) is 4.74 Å². The van der Waals surface area contributed by atoms with Crippen LogP contribution in [0.15, 0.2) is 66.9 Å². The van der Waals surface area contributed by atoms with Gasteiger partial charge in [-0.1, -0.05) is 18.2 Å². The summed E-state index contributed by atoms with van der Waals surface area (Å²) >= 11 is 0. The summed E-state index contributed by atoms with van der Waals surface area (Å²) in [4.78, 5) is 18.9. The van der Waals surface area contributed by atoms with Gasteiger partial charge in [0.15, 0.2) is 0 Å². The Bertz CT molecular complexity index is 988. The minimum Gasteiger partial charge on any atom is -0.378 e. The number of hydrogen-bond acceptors (Lipinski definition) is 5. The molecule has 2 N–H and O–H groups in total. The van der Waals surface area contributed by atoms with E-state index in [9.17, 15) is 9.18 Å². The highest BCUT2D eigenvalue weighted by Crippen LogP contribution is 2.29. The van der Waals surface area contributed by atoms with E-state index in [0.717, 1.165) is 24.5 Å². The van der Waals surface area contributed by atoms with Gasteiger partial charge in [0.2, 0.25) is 0 Å². The lowest BCUT2D eigenvalue weighted by Gasteiger charge is -2.30. The quantitative estimate of drug-likeness (QED) is 0.686. The molecule has 1 fully saturated rings. The molecule has 29 heavy (non-hydrogen) atoms. The van der Waals surface area contributed by atoms with E-state index in [1.807, 2.05) is 18.2 Å². The number of halogens is 1. The number of morpholine rings is 1. The first-order valence-electron chi connectivity index (χ1n) is 9.41. The number of nitrogens with one attached hydrogen (secondary N) is 2. The van der Waals surface area contributed by atoms with E-state index in [1.54, 1.807) is 24.4 Å². The molecular weight excluding hydrogens is 371 g/mol. The summed E-state index contributed by atoms with van der Waals surface area (Å²) in [6, 6.07) is 17.2. The molecule has 2 heterocycles. The van der Waals surface area contributed by atoms with Gasteiger partial charge in [0.25, 0.3) is 5.91 Å². The number of amides is 1. The number of nitrogens with zero attached hydrogens (tertiary/aromatic N) is 2. The molecule has 0 aliphatic carbocycles. The van der Waals surface area contributed by atoms with Crippen LogP contribution in [0.2, 0.25) is 0 Å². The number of rotatable bonds is 5. The third-order valence-electron chi connectivity index (χ3n) is 4.63. The second kappa shape index (κ2) is 8.70. The topological polar surface area (TPSA) is 66.5 Å². The van der Waals surface area contributed by atoms with E-state index < -0.39 is 5.82 Å². The summed E-state index contributed by atoms with van der Waals surface area (Å²) in [5.74, 6) is -0.173. The van der Waals surface area contributed by atoms with Crippen LogP contribution < -0.4 is 15.5 Å². The van der Waals surface area contributed by atoms with Crippen LogP contribution in [0.25, 0.3) is 0 Å². The largest absolute Gasteiger partial charge is 0.378 e. The Hall–Kier alpha value is -3.45. The average Bonchev–Trinajstić information content (AvgIpc) is 2.76. The molecule has 3 aromatic rings. The molecule has 1 amide bonds. The number of carbonyl (C=O) groups excluding carboxylic acids is 1. The van der Waals surface area contributed by atoms with E-state index in [2.05, 4.69) is 26.6 Å². The molecule has 0 saturated carbocycles. The first-order valence-corrected chi connectivity index (χ1v) is 9.41.